The molecule has 0 saturated heterocycles. The van der Waals surface area contributed by atoms with Gasteiger partial charge in [-0.15, -0.1) is 0 Å². The number of rotatable bonds is 5. The molecular formula is C18H22N2O5S. The van der Waals surface area contributed by atoms with Crippen molar-refractivity contribution >= 4 is 29.2 Å². The summed E-state index contributed by atoms with van der Waals surface area (Å²) in [5, 5.41) is 3.14. The van der Waals surface area contributed by atoms with E-state index in [9.17, 15) is 9.59 Å². The molecule has 0 unspecified atom stereocenters. The van der Waals surface area contributed by atoms with Crippen LogP contribution in [0.15, 0.2) is 29.5 Å². The molecule has 0 aliphatic carbocycles. The van der Waals surface area contributed by atoms with Crippen LogP contribution in [0.25, 0.3) is 0 Å². The van der Waals surface area contributed by atoms with E-state index < -0.39 is 12.0 Å². The number of carbonyl (C=O) groups excluding carboxylic acids is 2. The lowest BCUT2D eigenvalue weighted by atomic mass is 9.93. The lowest BCUT2D eigenvalue weighted by Crippen LogP contribution is -2.50. The molecule has 0 radical (unpaired) electrons. The number of benzene rings is 1. The van der Waals surface area contributed by atoms with Gasteiger partial charge in [0.2, 0.25) is 5.91 Å². The van der Waals surface area contributed by atoms with Crippen LogP contribution in [-0.2, 0) is 14.3 Å². The zero-order valence-electron chi connectivity index (χ0n) is 15.4. The maximum atomic E-state index is 12.6. The van der Waals surface area contributed by atoms with E-state index in [1.807, 2.05) is 0 Å². The number of allylic oxidation sites excluding steroid dienone is 1. The fourth-order valence-electron chi connectivity index (χ4n) is 2.88. The van der Waals surface area contributed by atoms with Gasteiger partial charge >= 0.3 is 5.97 Å². The molecule has 26 heavy (non-hydrogen) atoms. The SMILES string of the molecule is CCOC(=O)C1=C(C)NC(=S)N(C(C)=O)[C@@H]1c1ccc(OC)c(OC)c1. The summed E-state index contributed by atoms with van der Waals surface area (Å²) in [7, 11) is 3.05. The van der Waals surface area contributed by atoms with Crippen molar-refractivity contribution in [3.8, 4) is 11.5 Å². The molecule has 1 aromatic carbocycles. The predicted octanol–water partition coefficient (Wildman–Crippen LogP) is 2.32. The first-order valence-corrected chi connectivity index (χ1v) is 8.47. The van der Waals surface area contributed by atoms with Gasteiger partial charge < -0.3 is 19.5 Å². The fourth-order valence-corrected chi connectivity index (χ4v) is 3.26. The van der Waals surface area contributed by atoms with Gasteiger partial charge in [0, 0.05) is 12.6 Å². The minimum Gasteiger partial charge on any atom is -0.493 e. The van der Waals surface area contributed by atoms with Crippen LogP contribution in [0.5, 0.6) is 11.5 Å². The third-order valence-corrected chi connectivity index (χ3v) is 4.31. The number of ether oxygens (including phenoxy) is 3. The molecule has 0 spiro atoms. The molecule has 7 nitrogen and oxygen atoms in total. The van der Waals surface area contributed by atoms with Crippen molar-refractivity contribution in [1.29, 1.82) is 0 Å². The van der Waals surface area contributed by atoms with E-state index >= 15 is 0 Å². The van der Waals surface area contributed by atoms with E-state index in [0.29, 0.717) is 28.3 Å². The Labute approximate surface area is 157 Å². The Morgan fingerprint density at radius 2 is 1.88 bits per heavy atom. The molecule has 1 atom stereocenters. The number of hydrogen-bond donors (Lipinski definition) is 1. The summed E-state index contributed by atoms with van der Waals surface area (Å²) in [4.78, 5) is 26.2. The number of amides is 1. The Morgan fingerprint density at radius 3 is 2.42 bits per heavy atom. The summed E-state index contributed by atoms with van der Waals surface area (Å²) in [6, 6.07) is 4.48. The number of hydrogen-bond acceptors (Lipinski definition) is 6. The number of nitrogens with zero attached hydrogens (tertiary/aromatic N) is 1. The van der Waals surface area contributed by atoms with E-state index in [4.69, 9.17) is 26.4 Å². The summed E-state index contributed by atoms with van der Waals surface area (Å²) in [6.45, 7) is 5.07. The number of esters is 1. The normalized spacial score (nSPS) is 16.9. The minimum atomic E-state index is -0.722. The molecule has 1 N–H and O–H groups in total. The fraction of sp³-hybridized carbons (Fsp3) is 0.389. The van der Waals surface area contributed by atoms with Crippen molar-refractivity contribution in [2.45, 2.75) is 26.8 Å². The second-order valence-electron chi connectivity index (χ2n) is 5.60. The summed E-state index contributed by atoms with van der Waals surface area (Å²) >= 11 is 5.32. The highest BCUT2D eigenvalue weighted by molar-refractivity contribution is 7.80. The van der Waals surface area contributed by atoms with E-state index in [1.165, 1.54) is 26.0 Å². The van der Waals surface area contributed by atoms with E-state index in [0.717, 1.165) is 0 Å². The van der Waals surface area contributed by atoms with Gasteiger partial charge in [-0.05, 0) is 43.8 Å². The maximum absolute atomic E-state index is 12.6. The first-order chi connectivity index (χ1) is 12.3. The van der Waals surface area contributed by atoms with Gasteiger partial charge in [-0.2, -0.15) is 0 Å². The Morgan fingerprint density at radius 1 is 1.23 bits per heavy atom. The van der Waals surface area contributed by atoms with E-state index in [2.05, 4.69) is 5.32 Å². The van der Waals surface area contributed by atoms with Crippen molar-refractivity contribution in [1.82, 2.24) is 10.2 Å². The molecule has 1 amide bonds. The molecule has 2 rings (SSSR count). The van der Waals surface area contributed by atoms with Crippen molar-refractivity contribution < 1.29 is 23.8 Å². The number of methoxy groups -OCH3 is 2. The first kappa shape index (κ1) is 19.7. The summed E-state index contributed by atoms with van der Waals surface area (Å²) < 4.78 is 15.8. The van der Waals surface area contributed by atoms with Crippen molar-refractivity contribution in [2.24, 2.45) is 0 Å². The van der Waals surface area contributed by atoms with Crippen LogP contribution < -0.4 is 14.8 Å². The average Bonchev–Trinajstić information content (AvgIpc) is 2.60. The van der Waals surface area contributed by atoms with Crippen LogP contribution in [-0.4, -0.2) is 42.7 Å². The summed E-state index contributed by atoms with van der Waals surface area (Å²) in [5.41, 5.74) is 1.53. The monoisotopic (exact) mass is 378 g/mol. The van der Waals surface area contributed by atoms with Gasteiger partial charge in [0.25, 0.3) is 0 Å². The maximum Gasteiger partial charge on any atom is 0.338 e. The second kappa shape index (κ2) is 8.18. The summed E-state index contributed by atoms with van der Waals surface area (Å²) in [6.07, 6.45) is 0. The second-order valence-corrected chi connectivity index (χ2v) is 5.98. The Bertz CT molecular complexity index is 775. The highest BCUT2D eigenvalue weighted by atomic mass is 32.1. The zero-order valence-corrected chi connectivity index (χ0v) is 16.2. The smallest absolute Gasteiger partial charge is 0.338 e. The average molecular weight is 378 g/mol. The van der Waals surface area contributed by atoms with Gasteiger partial charge in [-0.3, -0.25) is 9.69 Å². The highest BCUT2D eigenvalue weighted by Crippen LogP contribution is 2.38. The van der Waals surface area contributed by atoms with Gasteiger partial charge in [0.15, 0.2) is 16.6 Å². The van der Waals surface area contributed by atoms with Crippen LogP contribution in [0.2, 0.25) is 0 Å². The molecule has 0 aromatic heterocycles. The molecule has 0 bridgehead atoms. The predicted molar refractivity (Wildman–Crippen MR) is 99.9 cm³/mol. The number of thiocarbonyl (C=S) groups is 1. The zero-order chi connectivity index (χ0) is 19.4. The molecule has 0 fully saturated rings. The lowest BCUT2D eigenvalue weighted by Gasteiger charge is -2.37. The lowest BCUT2D eigenvalue weighted by molar-refractivity contribution is -0.139. The first-order valence-electron chi connectivity index (χ1n) is 8.06. The Balaban J connectivity index is 2.67. The molecular weight excluding hydrogens is 356 g/mol. The molecule has 1 aliphatic rings. The Hall–Kier alpha value is -2.61. The van der Waals surface area contributed by atoms with Crippen molar-refractivity contribution in [2.75, 3.05) is 20.8 Å². The quantitative estimate of drug-likeness (QED) is 0.622. The van der Waals surface area contributed by atoms with E-state index in [-0.39, 0.29) is 17.6 Å². The van der Waals surface area contributed by atoms with Gasteiger partial charge in [-0.1, -0.05) is 6.07 Å². The van der Waals surface area contributed by atoms with Crippen LogP contribution in [0.1, 0.15) is 32.4 Å². The molecule has 1 heterocycles. The van der Waals surface area contributed by atoms with Crippen LogP contribution in [0.4, 0.5) is 0 Å². The van der Waals surface area contributed by atoms with Gasteiger partial charge in [0.05, 0.1) is 32.4 Å². The molecule has 140 valence electrons. The molecule has 1 aromatic rings. The molecule has 8 heteroatoms. The van der Waals surface area contributed by atoms with E-state index in [1.54, 1.807) is 32.0 Å². The largest absolute Gasteiger partial charge is 0.493 e. The topological polar surface area (TPSA) is 77.1 Å². The third-order valence-electron chi connectivity index (χ3n) is 4.01. The third kappa shape index (κ3) is 3.65. The molecule has 1 aliphatic heterocycles. The number of nitrogens with one attached hydrogen (secondary N) is 1. The van der Waals surface area contributed by atoms with Crippen LogP contribution in [0.3, 0.4) is 0 Å². The summed E-state index contributed by atoms with van der Waals surface area (Å²) in [5.74, 6) is 0.224. The van der Waals surface area contributed by atoms with Crippen molar-refractivity contribution in [3.05, 3.63) is 35.0 Å². The Kier molecular flexibility index (Phi) is 6.20. The molecule has 0 saturated carbocycles. The highest BCUT2D eigenvalue weighted by Gasteiger charge is 2.39. The standard InChI is InChI=1S/C18H22N2O5S/c1-6-25-17(22)15-10(2)19-18(26)20(11(3)21)16(15)12-7-8-13(23-4)14(9-12)24-5/h7-9,16H,6H2,1-5H3,(H,19,26)/t16-/m1/s1. The van der Waals surface area contributed by atoms with Crippen LogP contribution in [0, 0.1) is 0 Å². The van der Waals surface area contributed by atoms with Crippen LogP contribution >= 0.6 is 12.2 Å². The minimum absolute atomic E-state index is 0.221. The van der Waals surface area contributed by atoms with Crippen molar-refractivity contribution in [3.63, 3.8) is 0 Å². The van der Waals surface area contributed by atoms with Gasteiger partial charge in [-0.25, -0.2) is 4.79 Å². The van der Waals surface area contributed by atoms with Gasteiger partial charge in [0.1, 0.15) is 0 Å². The number of carbonyl (C=O) groups is 2.